The summed E-state index contributed by atoms with van der Waals surface area (Å²) in [6.45, 7) is 6.74. The van der Waals surface area contributed by atoms with Crippen LogP contribution in [0.15, 0.2) is 43.0 Å². The molecule has 2 aliphatic heterocycles. The van der Waals surface area contributed by atoms with Gasteiger partial charge in [0, 0.05) is 31.5 Å². The summed E-state index contributed by atoms with van der Waals surface area (Å²) in [6, 6.07) is 10.5. The minimum atomic E-state index is 0.265. The third-order valence-corrected chi connectivity index (χ3v) is 4.48. The number of amides is 1. The molecule has 0 spiro atoms. The van der Waals surface area contributed by atoms with Crippen LogP contribution < -0.4 is 0 Å². The molecule has 1 aromatic carbocycles. The fraction of sp³-hybridized carbons (Fsp3) is 0.438. The van der Waals surface area contributed by atoms with Crippen LogP contribution in [0.3, 0.4) is 0 Å². The average Bonchev–Trinajstić information content (AvgIpc) is 3.01. The van der Waals surface area contributed by atoms with E-state index in [2.05, 4.69) is 35.7 Å². The molecular formula is C16H20N2O. The Bertz CT molecular complexity index is 459. The molecule has 2 heterocycles. The lowest BCUT2D eigenvalue weighted by molar-refractivity contribution is -0.121. The summed E-state index contributed by atoms with van der Waals surface area (Å²) < 4.78 is 0. The highest BCUT2D eigenvalue weighted by molar-refractivity contribution is 5.49. The minimum absolute atomic E-state index is 0.265. The Labute approximate surface area is 114 Å². The van der Waals surface area contributed by atoms with Crippen molar-refractivity contribution in [2.75, 3.05) is 13.1 Å². The van der Waals surface area contributed by atoms with Crippen LogP contribution in [0.4, 0.5) is 0 Å². The molecule has 1 aromatic rings. The van der Waals surface area contributed by atoms with Crippen molar-refractivity contribution in [1.82, 2.24) is 9.80 Å². The van der Waals surface area contributed by atoms with Crippen LogP contribution in [0.1, 0.15) is 12.0 Å². The number of likely N-dealkylation sites (tertiary alicyclic amines) is 2. The van der Waals surface area contributed by atoms with Crippen LogP contribution in [0, 0.1) is 11.8 Å². The number of rotatable bonds is 4. The van der Waals surface area contributed by atoms with Gasteiger partial charge in [0.1, 0.15) is 0 Å². The highest BCUT2D eigenvalue weighted by Crippen LogP contribution is 2.39. The lowest BCUT2D eigenvalue weighted by atomic mass is 9.94. The van der Waals surface area contributed by atoms with Crippen LogP contribution in [0.25, 0.3) is 0 Å². The highest BCUT2D eigenvalue weighted by atomic mass is 16.1. The number of carbonyl (C=O) groups is 1. The molecule has 3 nitrogen and oxygen atoms in total. The summed E-state index contributed by atoms with van der Waals surface area (Å²) in [7, 11) is 0. The van der Waals surface area contributed by atoms with Crippen molar-refractivity contribution in [3.63, 3.8) is 0 Å². The molecule has 3 atom stereocenters. The van der Waals surface area contributed by atoms with Gasteiger partial charge in [0.05, 0.1) is 6.17 Å². The normalized spacial score (nSPS) is 30.3. The van der Waals surface area contributed by atoms with Gasteiger partial charge < -0.3 is 4.90 Å². The molecule has 0 saturated carbocycles. The molecule has 0 aliphatic carbocycles. The maximum absolute atomic E-state index is 11.3. The molecule has 19 heavy (non-hydrogen) atoms. The Hall–Kier alpha value is -1.61. The Morgan fingerprint density at radius 3 is 2.79 bits per heavy atom. The molecule has 2 fully saturated rings. The van der Waals surface area contributed by atoms with E-state index in [-0.39, 0.29) is 6.17 Å². The maximum atomic E-state index is 11.3. The smallest absolute Gasteiger partial charge is 0.210 e. The zero-order valence-electron chi connectivity index (χ0n) is 11.1. The SMILES string of the molecule is C=C[C@@H]1CN(C=O)[C@@H]2[C@H]1CCN2Cc1ccccc1. The van der Waals surface area contributed by atoms with Crippen molar-refractivity contribution in [2.45, 2.75) is 19.1 Å². The number of nitrogens with zero attached hydrogens (tertiary/aromatic N) is 2. The first-order valence-corrected chi connectivity index (χ1v) is 6.95. The number of carbonyl (C=O) groups excluding carboxylic acids is 1. The van der Waals surface area contributed by atoms with E-state index >= 15 is 0 Å². The van der Waals surface area contributed by atoms with Gasteiger partial charge in [-0.05, 0) is 12.0 Å². The van der Waals surface area contributed by atoms with Crippen LogP contribution >= 0.6 is 0 Å². The van der Waals surface area contributed by atoms with E-state index in [0.717, 1.165) is 26.0 Å². The molecule has 2 saturated heterocycles. The fourth-order valence-corrected chi connectivity index (χ4v) is 3.59. The van der Waals surface area contributed by atoms with Crippen LogP contribution in [0.2, 0.25) is 0 Å². The van der Waals surface area contributed by atoms with Crippen molar-refractivity contribution in [2.24, 2.45) is 11.8 Å². The molecule has 3 heteroatoms. The predicted molar refractivity (Wildman–Crippen MR) is 75.2 cm³/mol. The van der Waals surface area contributed by atoms with E-state index in [1.807, 2.05) is 17.0 Å². The van der Waals surface area contributed by atoms with Crippen LogP contribution in [-0.4, -0.2) is 35.5 Å². The molecule has 1 amide bonds. The Balaban J connectivity index is 1.77. The minimum Gasteiger partial charge on any atom is -0.329 e. The molecule has 0 unspecified atom stereocenters. The number of benzene rings is 1. The number of fused-ring (bicyclic) bond motifs is 1. The van der Waals surface area contributed by atoms with E-state index in [1.165, 1.54) is 12.0 Å². The summed E-state index contributed by atoms with van der Waals surface area (Å²) in [6.07, 6.45) is 4.46. The van der Waals surface area contributed by atoms with E-state index < -0.39 is 0 Å². The summed E-state index contributed by atoms with van der Waals surface area (Å²) in [5.41, 5.74) is 1.32. The number of hydrogen-bond acceptors (Lipinski definition) is 2. The second-order valence-corrected chi connectivity index (χ2v) is 5.52. The van der Waals surface area contributed by atoms with Crippen LogP contribution in [0.5, 0.6) is 0 Å². The summed E-state index contributed by atoms with van der Waals surface area (Å²) in [5.74, 6) is 1.02. The topological polar surface area (TPSA) is 23.6 Å². The van der Waals surface area contributed by atoms with Gasteiger partial charge in [-0.2, -0.15) is 0 Å². The fourth-order valence-electron chi connectivity index (χ4n) is 3.59. The third kappa shape index (κ3) is 2.19. The molecule has 100 valence electrons. The van der Waals surface area contributed by atoms with Gasteiger partial charge in [-0.25, -0.2) is 0 Å². The summed E-state index contributed by atoms with van der Waals surface area (Å²) >= 11 is 0. The van der Waals surface area contributed by atoms with Crippen LogP contribution in [-0.2, 0) is 11.3 Å². The van der Waals surface area contributed by atoms with Crippen molar-refractivity contribution in [3.05, 3.63) is 48.6 Å². The monoisotopic (exact) mass is 256 g/mol. The first-order chi connectivity index (χ1) is 9.33. The van der Waals surface area contributed by atoms with Gasteiger partial charge in [-0.15, -0.1) is 6.58 Å². The van der Waals surface area contributed by atoms with Gasteiger partial charge in [-0.1, -0.05) is 36.4 Å². The van der Waals surface area contributed by atoms with E-state index in [4.69, 9.17) is 0 Å². The highest BCUT2D eigenvalue weighted by Gasteiger charge is 2.46. The first-order valence-electron chi connectivity index (χ1n) is 6.95. The van der Waals surface area contributed by atoms with E-state index in [9.17, 15) is 4.79 Å². The molecule has 0 radical (unpaired) electrons. The molecule has 0 aromatic heterocycles. The van der Waals surface area contributed by atoms with Gasteiger partial charge >= 0.3 is 0 Å². The Kier molecular flexibility index (Phi) is 3.38. The van der Waals surface area contributed by atoms with E-state index in [1.54, 1.807) is 0 Å². The predicted octanol–water partition coefficient (Wildman–Crippen LogP) is 2.11. The van der Waals surface area contributed by atoms with Gasteiger partial charge in [-0.3, -0.25) is 9.69 Å². The van der Waals surface area contributed by atoms with Gasteiger partial charge in [0.15, 0.2) is 0 Å². The van der Waals surface area contributed by atoms with Crippen molar-refractivity contribution < 1.29 is 4.79 Å². The van der Waals surface area contributed by atoms with E-state index in [0.29, 0.717) is 11.8 Å². The average molecular weight is 256 g/mol. The molecular weight excluding hydrogens is 236 g/mol. The van der Waals surface area contributed by atoms with Gasteiger partial charge in [0.2, 0.25) is 6.41 Å². The standard InChI is InChI=1S/C16H20N2O/c1-2-14-11-18(12-19)16-15(14)8-9-17(16)10-13-6-4-3-5-7-13/h2-7,12,14-16H,1,8-11H2/t14-,15+,16-/m1/s1. The third-order valence-electron chi connectivity index (χ3n) is 4.48. The zero-order valence-corrected chi connectivity index (χ0v) is 11.1. The van der Waals surface area contributed by atoms with Crippen molar-refractivity contribution in [3.8, 4) is 0 Å². The van der Waals surface area contributed by atoms with Crippen molar-refractivity contribution >= 4 is 6.41 Å². The lowest BCUT2D eigenvalue weighted by Crippen LogP contribution is -2.41. The molecule has 2 aliphatic rings. The Morgan fingerprint density at radius 1 is 1.32 bits per heavy atom. The molecule has 0 bridgehead atoms. The molecule has 3 rings (SSSR count). The summed E-state index contributed by atoms with van der Waals surface area (Å²) in [4.78, 5) is 15.7. The summed E-state index contributed by atoms with van der Waals surface area (Å²) in [5, 5.41) is 0. The second kappa shape index (κ2) is 5.17. The van der Waals surface area contributed by atoms with Gasteiger partial charge in [0.25, 0.3) is 0 Å². The number of hydrogen-bond donors (Lipinski definition) is 0. The lowest BCUT2D eigenvalue weighted by Gasteiger charge is -2.29. The zero-order chi connectivity index (χ0) is 13.2. The Morgan fingerprint density at radius 2 is 2.11 bits per heavy atom. The van der Waals surface area contributed by atoms with Crippen molar-refractivity contribution in [1.29, 1.82) is 0 Å². The maximum Gasteiger partial charge on any atom is 0.210 e. The molecule has 0 N–H and O–H groups in total. The first kappa shape index (κ1) is 12.4. The largest absolute Gasteiger partial charge is 0.329 e. The second-order valence-electron chi connectivity index (χ2n) is 5.52. The quantitative estimate of drug-likeness (QED) is 0.608.